The first-order chi connectivity index (χ1) is 12.8. The SMILES string of the molecule is CC(C(=O)Nc1ccc(Cl)cn1)N1CCC(F)(F)C(c2c[nH]c(=O)cn2)C1. The van der Waals surface area contributed by atoms with Crippen molar-refractivity contribution in [3.8, 4) is 0 Å². The first-order valence-corrected chi connectivity index (χ1v) is 8.73. The monoisotopic (exact) mass is 397 g/mol. The third kappa shape index (κ3) is 4.48. The standard InChI is InChI=1S/C17H18ClF2N5O2/c1-10(16(27)24-14-3-2-11(18)6-22-14)25-5-4-17(19,20)12(9-25)13-7-23-15(26)8-21-13/h2-3,6-8,10,12H,4-5,9H2,1H3,(H,23,26)(H,22,24,27). The number of nitrogens with zero attached hydrogens (tertiary/aromatic N) is 3. The van der Waals surface area contributed by atoms with Crippen molar-refractivity contribution < 1.29 is 13.6 Å². The van der Waals surface area contributed by atoms with Crippen LogP contribution in [0.2, 0.25) is 5.02 Å². The second-order valence-corrected chi connectivity index (χ2v) is 6.86. The van der Waals surface area contributed by atoms with E-state index in [1.165, 1.54) is 12.4 Å². The first kappa shape index (κ1) is 19.4. The van der Waals surface area contributed by atoms with Gasteiger partial charge in [0.2, 0.25) is 5.91 Å². The van der Waals surface area contributed by atoms with E-state index in [4.69, 9.17) is 11.6 Å². The van der Waals surface area contributed by atoms with Crippen molar-refractivity contribution in [2.75, 3.05) is 18.4 Å². The molecule has 7 nitrogen and oxygen atoms in total. The minimum Gasteiger partial charge on any atom is -0.326 e. The van der Waals surface area contributed by atoms with E-state index >= 15 is 0 Å². The van der Waals surface area contributed by atoms with E-state index in [0.29, 0.717) is 10.8 Å². The van der Waals surface area contributed by atoms with Crippen LogP contribution in [0.1, 0.15) is 25.0 Å². The smallest absolute Gasteiger partial charge is 0.266 e. The number of carbonyl (C=O) groups excluding carboxylic acids is 1. The molecule has 2 aromatic rings. The number of H-pyrrole nitrogens is 1. The number of alkyl halides is 2. The predicted molar refractivity (Wildman–Crippen MR) is 96.1 cm³/mol. The normalized spacial score (nSPS) is 20.8. The van der Waals surface area contributed by atoms with Gasteiger partial charge in [-0.3, -0.25) is 19.5 Å². The number of rotatable bonds is 4. The van der Waals surface area contributed by atoms with Gasteiger partial charge in [0.15, 0.2) is 0 Å². The molecule has 27 heavy (non-hydrogen) atoms. The van der Waals surface area contributed by atoms with Crippen molar-refractivity contribution in [3.63, 3.8) is 0 Å². The number of nitrogens with one attached hydrogen (secondary N) is 2. The van der Waals surface area contributed by atoms with Gasteiger partial charge >= 0.3 is 0 Å². The summed E-state index contributed by atoms with van der Waals surface area (Å²) < 4.78 is 28.8. The predicted octanol–water partition coefficient (Wildman–Crippen LogP) is 2.27. The van der Waals surface area contributed by atoms with E-state index < -0.39 is 29.9 Å². The van der Waals surface area contributed by atoms with Gasteiger partial charge in [0.05, 0.1) is 28.9 Å². The number of likely N-dealkylation sites (tertiary alicyclic amines) is 1. The first-order valence-electron chi connectivity index (χ1n) is 8.35. The molecule has 0 aliphatic carbocycles. The fraction of sp³-hybridized carbons (Fsp3) is 0.412. The van der Waals surface area contributed by atoms with Gasteiger partial charge in [-0.05, 0) is 19.1 Å². The molecule has 0 saturated carbocycles. The lowest BCUT2D eigenvalue weighted by Gasteiger charge is -2.40. The highest BCUT2D eigenvalue weighted by molar-refractivity contribution is 6.30. The van der Waals surface area contributed by atoms with Crippen LogP contribution in [0.25, 0.3) is 0 Å². The summed E-state index contributed by atoms with van der Waals surface area (Å²) in [5.74, 6) is -4.22. The Kier molecular flexibility index (Phi) is 5.52. The van der Waals surface area contributed by atoms with E-state index in [0.717, 1.165) is 6.20 Å². The van der Waals surface area contributed by atoms with Crippen LogP contribution < -0.4 is 10.9 Å². The number of hydrogen-bond acceptors (Lipinski definition) is 5. The molecule has 10 heteroatoms. The highest BCUT2D eigenvalue weighted by Crippen LogP contribution is 2.39. The number of hydrogen-bond donors (Lipinski definition) is 2. The Balaban J connectivity index is 1.72. The quantitative estimate of drug-likeness (QED) is 0.825. The summed E-state index contributed by atoms with van der Waals surface area (Å²) in [5.41, 5.74) is -0.366. The van der Waals surface area contributed by atoms with Crippen LogP contribution in [0.5, 0.6) is 0 Å². The summed E-state index contributed by atoms with van der Waals surface area (Å²) >= 11 is 5.76. The van der Waals surface area contributed by atoms with Gasteiger partial charge in [-0.2, -0.15) is 0 Å². The van der Waals surface area contributed by atoms with E-state index in [1.54, 1.807) is 24.0 Å². The molecular formula is C17H18ClF2N5O2. The second-order valence-electron chi connectivity index (χ2n) is 6.42. The summed E-state index contributed by atoms with van der Waals surface area (Å²) in [5, 5.41) is 3.09. The Labute approximate surface area is 158 Å². The third-order valence-electron chi connectivity index (χ3n) is 4.62. The maximum absolute atomic E-state index is 14.4. The van der Waals surface area contributed by atoms with Gasteiger partial charge < -0.3 is 10.3 Å². The Morgan fingerprint density at radius 3 is 2.81 bits per heavy atom. The maximum atomic E-state index is 14.4. The van der Waals surface area contributed by atoms with Crippen LogP contribution in [0, 0.1) is 0 Å². The second kappa shape index (κ2) is 7.69. The Bertz CT molecular complexity index is 854. The lowest BCUT2D eigenvalue weighted by Crippen LogP contribution is -2.52. The number of pyridine rings is 1. The zero-order valence-corrected chi connectivity index (χ0v) is 15.2. The average molecular weight is 398 g/mol. The van der Waals surface area contributed by atoms with E-state index in [-0.39, 0.29) is 24.7 Å². The fourth-order valence-corrected chi connectivity index (χ4v) is 3.09. The molecule has 3 rings (SSSR count). The molecule has 1 aliphatic rings. The third-order valence-corrected chi connectivity index (χ3v) is 4.84. The molecule has 1 aliphatic heterocycles. The van der Waals surface area contributed by atoms with Crippen molar-refractivity contribution in [3.05, 3.63) is 51.8 Å². The summed E-state index contributed by atoms with van der Waals surface area (Å²) in [6, 6.07) is 2.50. The van der Waals surface area contributed by atoms with Crippen LogP contribution in [0.15, 0.2) is 35.5 Å². The number of anilines is 1. The Hall–Kier alpha value is -2.39. The molecule has 1 fully saturated rings. The summed E-state index contributed by atoms with van der Waals surface area (Å²) in [6.45, 7) is 1.65. The van der Waals surface area contributed by atoms with Crippen LogP contribution >= 0.6 is 11.6 Å². The molecule has 1 saturated heterocycles. The molecular weight excluding hydrogens is 380 g/mol. The number of aromatic nitrogens is 3. The lowest BCUT2D eigenvalue weighted by atomic mass is 9.90. The molecule has 0 spiro atoms. The molecule has 3 heterocycles. The van der Waals surface area contributed by atoms with E-state index in [2.05, 4.69) is 20.3 Å². The van der Waals surface area contributed by atoms with Crippen molar-refractivity contribution in [2.45, 2.75) is 31.2 Å². The highest BCUT2D eigenvalue weighted by atomic mass is 35.5. The van der Waals surface area contributed by atoms with Gasteiger partial charge in [-0.25, -0.2) is 13.8 Å². The summed E-state index contributed by atoms with van der Waals surface area (Å²) in [6.07, 6.45) is 3.18. The van der Waals surface area contributed by atoms with Gasteiger partial charge in [-0.15, -0.1) is 0 Å². The van der Waals surface area contributed by atoms with E-state index in [1.807, 2.05) is 0 Å². The Morgan fingerprint density at radius 2 is 2.19 bits per heavy atom. The van der Waals surface area contributed by atoms with Crippen molar-refractivity contribution in [1.82, 2.24) is 19.9 Å². The van der Waals surface area contributed by atoms with Crippen LogP contribution in [0.4, 0.5) is 14.6 Å². The fourth-order valence-electron chi connectivity index (χ4n) is 2.98. The average Bonchev–Trinajstić information content (AvgIpc) is 2.64. The van der Waals surface area contributed by atoms with Crippen molar-refractivity contribution in [1.29, 1.82) is 0 Å². The van der Waals surface area contributed by atoms with Gasteiger partial charge in [0.1, 0.15) is 5.82 Å². The minimum atomic E-state index is -2.98. The molecule has 144 valence electrons. The van der Waals surface area contributed by atoms with Crippen molar-refractivity contribution in [2.24, 2.45) is 0 Å². The zero-order chi connectivity index (χ0) is 19.6. The molecule has 1 amide bonds. The van der Waals surface area contributed by atoms with Crippen LogP contribution in [-0.4, -0.2) is 50.8 Å². The van der Waals surface area contributed by atoms with Crippen molar-refractivity contribution >= 4 is 23.3 Å². The largest absolute Gasteiger partial charge is 0.326 e. The number of halogens is 3. The van der Waals surface area contributed by atoms with Crippen LogP contribution in [-0.2, 0) is 4.79 Å². The van der Waals surface area contributed by atoms with Crippen LogP contribution in [0.3, 0.4) is 0 Å². The van der Waals surface area contributed by atoms with Gasteiger partial charge in [-0.1, -0.05) is 11.6 Å². The Morgan fingerprint density at radius 1 is 1.41 bits per heavy atom. The molecule has 2 aromatic heterocycles. The topological polar surface area (TPSA) is 91.0 Å². The molecule has 2 N–H and O–H groups in total. The van der Waals surface area contributed by atoms with Gasteiger partial charge in [0, 0.05) is 31.9 Å². The van der Waals surface area contributed by atoms with Gasteiger partial charge in [0.25, 0.3) is 11.5 Å². The highest BCUT2D eigenvalue weighted by Gasteiger charge is 2.47. The molecule has 2 atom stereocenters. The molecule has 0 aromatic carbocycles. The maximum Gasteiger partial charge on any atom is 0.266 e. The summed E-state index contributed by atoms with van der Waals surface area (Å²) in [7, 11) is 0. The number of piperidine rings is 1. The van der Waals surface area contributed by atoms with E-state index in [9.17, 15) is 18.4 Å². The molecule has 0 radical (unpaired) electrons. The molecule has 2 unspecified atom stereocenters. The minimum absolute atomic E-state index is 0.0608. The number of carbonyl (C=O) groups is 1. The lowest BCUT2D eigenvalue weighted by molar-refractivity contribution is -0.125. The number of amides is 1. The summed E-state index contributed by atoms with van der Waals surface area (Å²) in [4.78, 5) is 35.5. The molecule has 0 bridgehead atoms. The zero-order valence-electron chi connectivity index (χ0n) is 14.5. The number of aromatic amines is 1.